The highest BCUT2D eigenvalue weighted by Crippen LogP contribution is 2.57. The van der Waals surface area contributed by atoms with Crippen LogP contribution in [0.1, 0.15) is 20.3 Å². The van der Waals surface area contributed by atoms with Gasteiger partial charge in [0.05, 0.1) is 0 Å². The molecule has 0 aromatic carbocycles. The van der Waals surface area contributed by atoms with Gasteiger partial charge in [0.1, 0.15) is 0 Å². The fourth-order valence-electron chi connectivity index (χ4n) is 5.03. The normalized spacial score (nSPS) is 46.8. The first-order valence-corrected chi connectivity index (χ1v) is 7.27. The number of hydrogen-bond donors (Lipinski definition) is 0. The van der Waals surface area contributed by atoms with Gasteiger partial charge < -0.3 is 0 Å². The van der Waals surface area contributed by atoms with Gasteiger partial charge in [-0.25, -0.2) is 0 Å². The number of ketones is 2. The Morgan fingerprint density at radius 1 is 0.842 bits per heavy atom. The van der Waals surface area contributed by atoms with Crippen molar-refractivity contribution in [2.75, 3.05) is 0 Å². The highest BCUT2D eigenvalue weighted by molar-refractivity contribution is 6.08. The van der Waals surface area contributed by atoms with E-state index in [9.17, 15) is 9.59 Å². The summed E-state index contributed by atoms with van der Waals surface area (Å²) >= 11 is 0. The van der Waals surface area contributed by atoms with E-state index in [0.29, 0.717) is 11.8 Å². The molecule has 2 heteroatoms. The van der Waals surface area contributed by atoms with Crippen molar-refractivity contribution in [3.8, 4) is 0 Å². The summed E-state index contributed by atoms with van der Waals surface area (Å²) in [7, 11) is 0. The number of rotatable bonds is 0. The largest absolute Gasteiger partial charge is 0.294 e. The molecule has 0 heterocycles. The lowest BCUT2D eigenvalue weighted by Crippen LogP contribution is -2.45. The molecule has 19 heavy (non-hydrogen) atoms. The van der Waals surface area contributed by atoms with Crippen LogP contribution in [0.3, 0.4) is 0 Å². The summed E-state index contributed by atoms with van der Waals surface area (Å²) in [5, 5.41) is 0. The van der Waals surface area contributed by atoms with Crippen LogP contribution in [-0.2, 0) is 9.59 Å². The van der Waals surface area contributed by atoms with Crippen molar-refractivity contribution >= 4 is 11.6 Å². The van der Waals surface area contributed by atoms with Crippen LogP contribution in [0, 0.1) is 35.5 Å². The lowest BCUT2D eigenvalue weighted by molar-refractivity contribution is -0.132. The summed E-state index contributed by atoms with van der Waals surface area (Å²) in [5.74, 6) is 1.62. The lowest BCUT2D eigenvalue weighted by Gasteiger charge is -2.43. The van der Waals surface area contributed by atoms with Gasteiger partial charge in [0.15, 0.2) is 11.6 Å². The molecule has 0 amide bonds. The molecule has 0 saturated carbocycles. The van der Waals surface area contributed by atoms with Crippen molar-refractivity contribution < 1.29 is 9.59 Å². The molecule has 0 aromatic rings. The van der Waals surface area contributed by atoms with E-state index in [0.717, 1.165) is 0 Å². The molecule has 0 radical (unpaired) electrons. The Morgan fingerprint density at radius 3 is 1.68 bits per heavy atom. The quantitative estimate of drug-likeness (QED) is 0.623. The summed E-state index contributed by atoms with van der Waals surface area (Å²) in [5.41, 5.74) is 2.97. The molecule has 98 valence electrons. The number of allylic oxidation sites excluding steroid dienone is 6. The molecule has 4 rings (SSSR count). The van der Waals surface area contributed by atoms with Crippen molar-refractivity contribution in [2.45, 2.75) is 20.3 Å². The Labute approximate surface area is 113 Å². The van der Waals surface area contributed by atoms with E-state index in [1.165, 1.54) is 29.7 Å². The summed E-state index contributed by atoms with van der Waals surface area (Å²) in [6, 6.07) is 0. The number of carbonyl (C=O) groups excluding carboxylic acids is 2. The summed E-state index contributed by atoms with van der Waals surface area (Å²) in [4.78, 5) is 24.5. The van der Waals surface area contributed by atoms with E-state index >= 15 is 0 Å². The number of carbonyl (C=O) groups is 2. The van der Waals surface area contributed by atoms with Gasteiger partial charge in [0.2, 0.25) is 0 Å². The van der Waals surface area contributed by atoms with Crippen molar-refractivity contribution in [3.63, 3.8) is 0 Å². The molecule has 4 aliphatic rings. The van der Waals surface area contributed by atoms with Crippen LogP contribution in [0.25, 0.3) is 0 Å². The zero-order chi connectivity index (χ0) is 13.3. The molecule has 2 nitrogen and oxygen atoms in total. The third-order valence-electron chi connectivity index (χ3n) is 5.73. The molecule has 6 atom stereocenters. The van der Waals surface area contributed by atoms with Gasteiger partial charge in [0.25, 0.3) is 0 Å². The maximum absolute atomic E-state index is 12.2. The van der Waals surface area contributed by atoms with E-state index in [1.807, 2.05) is 0 Å². The molecular formula is C17H18O2. The third-order valence-corrected chi connectivity index (χ3v) is 5.73. The smallest absolute Gasteiger partial charge is 0.160 e. The average Bonchev–Trinajstić information content (AvgIpc) is 2.99. The van der Waals surface area contributed by atoms with Crippen LogP contribution in [0.5, 0.6) is 0 Å². The van der Waals surface area contributed by atoms with E-state index in [1.54, 1.807) is 0 Å². The van der Waals surface area contributed by atoms with Gasteiger partial charge in [-0.05, 0) is 42.2 Å². The van der Waals surface area contributed by atoms with Crippen LogP contribution in [0.2, 0.25) is 0 Å². The lowest BCUT2D eigenvalue weighted by atomic mass is 9.59. The molecule has 0 aromatic heterocycles. The van der Waals surface area contributed by atoms with Crippen LogP contribution in [0.15, 0.2) is 35.5 Å². The minimum absolute atomic E-state index is 0.112. The SMILES string of the molecule is C[C@@H]1C2=C([C@H]3C=C[C@H]2C3)[C@H](C)[C@@H]2C(=O)C=CC(=O)[C@H]21. The number of hydrogen-bond acceptors (Lipinski definition) is 2. The molecule has 0 unspecified atom stereocenters. The monoisotopic (exact) mass is 254 g/mol. The van der Waals surface area contributed by atoms with Crippen LogP contribution < -0.4 is 0 Å². The van der Waals surface area contributed by atoms with E-state index < -0.39 is 0 Å². The zero-order valence-corrected chi connectivity index (χ0v) is 11.3. The van der Waals surface area contributed by atoms with Crippen LogP contribution in [0.4, 0.5) is 0 Å². The van der Waals surface area contributed by atoms with Gasteiger partial charge in [-0.1, -0.05) is 37.1 Å². The fourth-order valence-corrected chi connectivity index (χ4v) is 5.03. The maximum Gasteiger partial charge on any atom is 0.160 e. The highest BCUT2D eigenvalue weighted by Gasteiger charge is 2.52. The first-order chi connectivity index (χ1) is 9.09. The summed E-state index contributed by atoms with van der Waals surface area (Å²) in [6.07, 6.45) is 8.78. The van der Waals surface area contributed by atoms with Gasteiger partial charge >= 0.3 is 0 Å². The van der Waals surface area contributed by atoms with E-state index in [4.69, 9.17) is 0 Å². The molecule has 2 bridgehead atoms. The second-order valence-corrected chi connectivity index (χ2v) is 6.51. The molecule has 0 aliphatic heterocycles. The van der Waals surface area contributed by atoms with Gasteiger partial charge in [0, 0.05) is 11.8 Å². The van der Waals surface area contributed by atoms with Crippen LogP contribution in [-0.4, -0.2) is 11.6 Å². The number of fused-ring (bicyclic) bond motifs is 5. The molecule has 0 N–H and O–H groups in total. The predicted molar refractivity (Wildman–Crippen MR) is 72.2 cm³/mol. The topological polar surface area (TPSA) is 34.1 Å². The molecular weight excluding hydrogens is 236 g/mol. The first-order valence-electron chi connectivity index (χ1n) is 7.27. The fraction of sp³-hybridized carbons (Fsp3) is 0.529. The van der Waals surface area contributed by atoms with Gasteiger partial charge in [-0.3, -0.25) is 9.59 Å². The molecule has 4 aliphatic carbocycles. The predicted octanol–water partition coefficient (Wildman–Crippen LogP) is 2.72. The summed E-state index contributed by atoms with van der Waals surface area (Å²) < 4.78 is 0. The highest BCUT2D eigenvalue weighted by atomic mass is 16.1. The Hall–Kier alpha value is -1.44. The van der Waals surface area contributed by atoms with Gasteiger partial charge in [-0.2, -0.15) is 0 Å². The Morgan fingerprint density at radius 2 is 1.26 bits per heavy atom. The standard InChI is InChI=1S/C17H18O2/c1-8-14-10-3-4-11(7-10)15(14)9(2)17-13(19)6-5-12(18)16(8)17/h3-6,8-11,16-17H,7H2,1-2H3/t8-,9+,10-,11-,16+,17+/m0/s1. The van der Waals surface area contributed by atoms with Crippen molar-refractivity contribution in [3.05, 3.63) is 35.5 Å². The minimum atomic E-state index is -0.112. The summed E-state index contributed by atoms with van der Waals surface area (Å²) in [6.45, 7) is 4.30. The first kappa shape index (κ1) is 11.4. The van der Waals surface area contributed by atoms with Crippen molar-refractivity contribution in [2.24, 2.45) is 35.5 Å². The Bertz CT molecular complexity index is 530. The Balaban J connectivity index is 1.86. The molecule has 0 fully saturated rings. The average molecular weight is 254 g/mol. The second kappa shape index (κ2) is 3.56. The molecule has 0 saturated heterocycles. The van der Waals surface area contributed by atoms with E-state index in [-0.39, 0.29) is 35.2 Å². The minimum Gasteiger partial charge on any atom is -0.294 e. The van der Waals surface area contributed by atoms with E-state index in [2.05, 4.69) is 26.0 Å². The maximum atomic E-state index is 12.2. The zero-order valence-electron chi connectivity index (χ0n) is 11.3. The molecule has 0 spiro atoms. The third kappa shape index (κ3) is 1.27. The Kier molecular flexibility index (Phi) is 2.13. The van der Waals surface area contributed by atoms with Crippen molar-refractivity contribution in [1.29, 1.82) is 0 Å². The second-order valence-electron chi connectivity index (χ2n) is 6.51. The van der Waals surface area contributed by atoms with Crippen molar-refractivity contribution in [1.82, 2.24) is 0 Å². The van der Waals surface area contributed by atoms with Crippen LogP contribution >= 0.6 is 0 Å². The van der Waals surface area contributed by atoms with Gasteiger partial charge in [-0.15, -0.1) is 0 Å².